The lowest BCUT2D eigenvalue weighted by molar-refractivity contribution is -0.0210. The van der Waals surface area contributed by atoms with Crippen LogP contribution in [-0.4, -0.2) is 24.4 Å². The van der Waals surface area contributed by atoms with Crippen molar-refractivity contribution in [2.75, 3.05) is 13.2 Å². The van der Waals surface area contributed by atoms with E-state index in [2.05, 4.69) is 48.5 Å². The maximum Gasteiger partial charge on any atom is 0.0598 e. The van der Waals surface area contributed by atoms with Crippen molar-refractivity contribution in [1.29, 1.82) is 0 Å². The molecular formula is C14H30O2. The van der Waals surface area contributed by atoms with Crippen LogP contribution in [0, 0.1) is 5.92 Å². The van der Waals surface area contributed by atoms with Crippen LogP contribution in [0.5, 0.6) is 0 Å². The zero-order chi connectivity index (χ0) is 12.8. The molecule has 0 aromatic rings. The Kier molecular flexibility index (Phi) is 6.57. The third-order valence-corrected chi connectivity index (χ3v) is 2.29. The summed E-state index contributed by atoms with van der Waals surface area (Å²) in [5.41, 5.74) is -0.0245. The largest absolute Gasteiger partial charge is 0.376 e. The first kappa shape index (κ1) is 15.9. The molecule has 0 amide bonds. The van der Waals surface area contributed by atoms with Crippen LogP contribution in [0.25, 0.3) is 0 Å². The summed E-state index contributed by atoms with van der Waals surface area (Å²) >= 11 is 0. The van der Waals surface area contributed by atoms with E-state index < -0.39 is 0 Å². The van der Waals surface area contributed by atoms with Crippen molar-refractivity contribution in [2.24, 2.45) is 5.92 Å². The van der Waals surface area contributed by atoms with Crippen LogP contribution in [0.4, 0.5) is 0 Å². The van der Waals surface area contributed by atoms with Gasteiger partial charge in [0.2, 0.25) is 0 Å². The predicted octanol–water partition coefficient (Wildman–Crippen LogP) is 4.03. The minimum atomic E-state index is -0.0123. The van der Waals surface area contributed by atoms with Gasteiger partial charge in [-0.15, -0.1) is 0 Å². The van der Waals surface area contributed by atoms with Crippen LogP contribution in [-0.2, 0) is 9.47 Å². The summed E-state index contributed by atoms with van der Waals surface area (Å²) in [5.74, 6) is 0.671. The Morgan fingerprint density at radius 3 is 1.31 bits per heavy atom. The Labute approximate surface area is 102 Å². The fourth-order valence-corrected chi connectivity index (χ4v) is 1.28. The van der Waals surface area contributed by atoms with Crippen molar-refractivity contribution in [2.45, 2.75) is 72.5 Å². The van der Waals surface area contributed by atoms with Crippen LogP contribution in [0.1, 0.15) is 61.3 Å². The average Bonchev–Trinajstić information content (AvgIpc) is 1.98. The van der Waals surface area contributed by atoms with Gasteiger partial charge in [0.05, 0.1) is 11.2 Å². The fourth-order valence-electron chi connectivity index (χ4n) is 1.28. The molecule has 0 atom stereocenters. The first-order valence-corrected chi connectivity index (χ1v) is 6.38. The molecule has 0 fully saturated rings. The van der Waals surface area contributed by atoms with E-state index in [1.807, 2.05) is 0 Å². The van der Waals surface area contributed by atoms with E-state index in [0.717, 1.165) is 26.1 Å². The van der Waals surface area contributed by atoms with Crippen molar-refractivity contribution in [3.05, 3.63) is 0 Å². The van der Waals surface area contributed by atoms with Crippen molar-refractivity contribution in [3.63, 3.8) is 0 Å². The van der Waals surface area contributed by atoms with Crippen molar-refractivity contribution < 1.29 is 9.47 Å². The molecule has 0 unspecified atom stereocenters. The van der Waals surface area contributed by atoms with E-state index in [-0.39, 0.29) is 11.2 Å². The lowest BCUT2D eigenvalue weighted by Gasteiger charge is -2.23. The SMILES string of the molecule is CC(CCOC(C)(C)C)CCOC(C)(C)C. The van der Waals surface area contributed by atoms with Crippen LogP contribution in [0.2, 0.25) is 0 Å². The van der Waals surface area contributed by atoms with Crippen LogP contribution in [0.15, 0.2) is 0 Å². The molecule has 2 nitrogen and oxygen atoms in total. The third-order valence-electron chi connectivity index (χ3n) is 2.29. The van der Waals surface area contributed by atoms with Crippen molar-refractivity contribution in [1.82, 2.24) is 0 Å². The summed E-state index contributed by atoms with van der Waals surface area (Å²) < 4.78 is 11.4. The van der Waals surface area contributed by atoms with Gasteiger partial charge >= 0.3 is 0 Å². The number of hydrogen-bond acceptors (Lipinski definition) is 2. The van der Waals surface area contributed by atoms with E-state index in [1.54, 1.807) is 0 Å². The normalized spacial score (nSPS) is 13.5. The quantitative estimate of drug-likeness (QED) is 0.686. The summed E-state index contributed by atoms with van der Waals surface area (Å²) in [6, 6.07) is 0. The van der Waals surface area contributed by atoms with Crippen LogP contribution >= 0.6 is 0 Å². The monoisotopic (exact) mass is 230 g/mol. The third kappa shape index (κ3) is 12.0. The minimum Gasteiger partial charge on any atom is -0.376 e. The van der Waals surface area contributed by atoms with Gasteiger partial charge in [-0.1, -0.05) is 6.92 Å². The molecule has 0 aliphatic rings. The molecule has 0 rings (SSSR count). The van der Waals surface area contributed by atoms with Gasteiger partial charge in [0.25, 0.3) is 0 Å². The molecule has 0 aliphatic heterocycles. The number of rotatable bonds is 6. The molecule has 98 valence electrons. The summed E-state index contributed by atoms with van der Waals surface area (Å²) in [5, 5.41) is 0. The second-order valence-corrected chi connectivity index (χ2v) is 6.60. The summed E-state index contributed by atoms with van der Waals surface area (Å²) in [4.78, 5) is 0. The zero-order valence-electron chi connectivity index (χ0n) is 12.2. The highest BCUT2D eigenvalue weighted by Crippen LogP contribution is 2.14. The van der Waals surface area contributed by atoms with E-state index in [1.165, 1.54) is 0 Å². The summed E-state index contributed by atoms with van der Waals surface area (Å²) in [6.45, 7) is 16.5. The van der Waals surface area contributed by atoms with Gasteiger partial charge in [-0.3, -0.25) is 0 Å². The molecule has 0 spiro atoms. The van der Waals surface area contributed by atoms with Gasteiger partial charge in [-0.25, -0.2) is 0 Å². The Balaban J connectivity index is 3.49. The lowest BCUT2D eigenvalue weighted by atomic mass is 10.0. The first-order chi connectivity index (χ1) is 7.10. The highest BCUT2D eigenvalue weighted by molar-refractivity contribution is 4.62. The van der Waals surface area contributed by atoms with Gasteiger partial charge in [0, 0.05) is 13.2 Å². The Morgan fingerprint density at radius 1 is 0.750 bits per heavy atom. The van der Waals surface area contributed by atoms with E-state index in [4.69, 9.17) is 9.47 Å². The highest BCUT2D eigenvalue weighted by Gasteiger charge is 2.13. The molecule has 0 saturated heterocycles. The zero-order valence-corrected chi connectivity index (χ0v) is 12.2. The van der Waals surface area contributed by atoms with Crippen LogP contribution < -0.4 is 0 Å². The van der Waals surface area contributed by atoms with Gasteiger partial charge in [-0.05, 0) is 60.3 Å². The predicted molar refractivity (Wildman–Crippen MR) is 69.8 cm³/mol. The van der Waals surface area contributed by atoms with Crippen molar-refractivity contribution in [3.8, 4) is 0 Å². The molecular weight excluding hydrogens is 200 g/mol. The maximum atomic E-state index is 5.71. The molecule has 0 aliphatic carbocycles. The number of ether oxygens (including phenoxy) is 2. The van der Waals surface area contributed by atoms with Crippen molar-refractivity contribution >= 4 is 0 Å². The highest BCUT2D eigenvalue weighted by atomic mass is 16.5. The molecule has 0 N–H and O–H groups in total. The molecule has 0 saturated carbocycles. The second kappa shape index (κ2) is 6.61. The molecule has 0 bridgehead atoms. The van der Waals surface area contributed by atoms with Gasteiger partial charge in [-0.2, -0.15) is 0 Å². The summed E-state index contributed by atoms with van der Waals surface area (Å²) in [6.07, 6.45) is 2.23. The Hall–Kier alpha value is -0.0800. The lowest BCUT2D eigenvalue weighted by Crippen LogP contribution is -2.22. The maximum absolute atomic E-state index is 5.71. The molecule has 0 radical (unpaired) electrons. The fraction of sp³-hybridized carbons (Fsp3) is 1.00. The van der Waals surface area contributed by atoms with Gasteiger partial charge < -0.3 is 9.47 Å². The molecule has 0 heterocycles. The number of hydrogen-bond donors (Lipinski definition) is 0. The minimum absolute atomic E-state index is 0.0123. The molecule has 0 aromatic carbocycles. The topological polar surface area (TPSA) is 18.5 Å². The van der Waals surface area contributed by atoms with E-state index in [0.29, 0.717) is 5.92 Å². The van der Waals surface area contributed by atoms with E-state index >= 15 is 0 Å². The molecule has 0 aromatic heterocycles. The standard InChI is InChI=1S/C14H30O2/c1-12(8-10-15-13(2,3)4)9-11-16-14(5,6)7/h12H,8-11H2,1-7H3. The first-order valence-electron chi connectivity index (χ1n) is 6.38. The summed E-state index contributed by atoms with van der Waals surface area (Å²) in [7, 11) is 0. The van der Waals surface area contributed by atoms with Gasteiger partial charge in [0.1, 0.15) is 0 Å². The van der Waals surface area contributed by atoms with Gasteiger partial charge in [0.15, 0.2) is 0 Å². The van der Waals surface area contributed by atoms with Crippen LogP contribution in [0.3, 0.4) is 0 Å². The average molecular weight is 230 g/mol. The van der Waals surface area contributed by atoms with E-state index in [9.17, 15) is 0 Å². The molecule has 2 heteroatoms. The second-order valence-electron chi connectivity index (χ2n) is 6.60. The smallest absolute Gasteiger partial charge is 0.0598 e. The molecule has 16 heavy (non-hydrogen) atoms. The Bertz CT molecular complexity index is 154. The Morgan fingerprint density at radius 2 is 1.06 bits per heavy atom.